The fourth-order valence-electron chi connectivity index (χ4n) is 2.29. The molecule has 120 valence electrons. The predicted octanol–water partition coefficient (Wildman–Crippen LogP) is 1.56. The molecule has 1 saturated heterocycles. The third-order valence-corrected chi connectivity index (χ3v) is 5.10. The number of hydrogen-bond acceptors (Lipinski definition) is 4. The Morgan fingerprint density at radius 2 is 2.00 bits per heavy atom. The Morgan fingerprint density at radius 1 is 1.36 bits per heavy atom. The molecule has 7 heteroatoms. The van der Waals surface area contributed by atoms with Crippen LogP contribution in [0, 0.1) is 12.8 Å². The zero-order valence-electron chi connectivity index (χ0n) is 13.0. The number of carbonyl (C=O) groups excluding carboxylic acids is 1. The molecule has 2 N–H and O–H groups in total. The summed E-state index contributed by atoms with van der Waals surface area (Å²) in [7, 11) is -3.71. The summed E-state index contributed by atoms with van der Waals surface area (Å²) < 4.78 is 24.4. The molecule has 0 aliphatic carbocycles. The van der Waals surface area contributed by atoms with Gasteiger partial charge < -0.3 is 5.32 Å². The molecule has 1 aliphatic rings. The van der Waals surface area contributed by atoms with Crippen molar-refractivity contribution >= 4 is 21.6 Å². The standard InChI is InChI=1S/C15H21N3O3S/c1-4-11(3)15-13(9-14(19)16-15)17-18-22(20,21)12-7-5-10(2)6-8-12/h5-8,11,15,18H,4,9H2,1-3H3,(H,16,19)/b17-13+/t11-,15-/m0/s1. The highest BCUT2D eigenvalue weighted by molar-refractivity contribution is 7.89. The van der Waals surface area contributed by atoms with Crippen LogP contribution in [0.4, 0.5) is 0 Å². The average Bonchev–Trinajstić information content (AvgIpc) is 2.86. The fourth-order valence-corrected chi connectivity index (χ4v) is 3.12. The van der Waals surface area contributed by atoms with Crippen LogP contribution >= 0.6 is 0 Å². The second-order valence-corrected chi connectivity index (χ2v) is 7.28. The van der Waals surface area contributed by atoms with Gasteiger partial charge in [0.05, 0.1) is 23.1 Å². The molecule has 1 heterocycles. The molecule has 0 spiro atoms. The largest absolute Gasteiger partial charge is 0.347 e. The summed E-state index contributed by atoms with van der Waals surface area (Å²) in [5, 5.41) is 6.82. The van der Waals surface area contributed by atoms with Crippen LogP contribution < -0.4 is 10.1 Å². The first-order valence-electron chi connectivity index (χ1n) is 7.27. The normalized spacial score (nSPS) is 21.7. The lowest BCUT2D eigenvalue weighted by Crippen LogP contribution is -2.36. The molecule has 0 unspecified atom stereocenters. The minimum atomic E-state index is -3.71. The number of hydrogen-bond donors (Lipinski definition) is 2. The summed E-state index contributed by atoms with van der Waals surface area (Å²) in [5.74, 6) is 0.0765. The number of nitrogens with zero attached hydrogens (tertiary/aromatic N) is 1. The first-order valence-corrected chi connectivity index (χ1v) is 8.76. The Bertz CT molecular complexity index is 680. The van der Waals surface area contributed by atoms with E-state index in [1.165, 1.54) is 12.1 Å². The van der Waals surface area contributed by atoms with Crippen molar-refractivity contribution in [2.75, 3.05) is 0 Å². The van der Waals surface area contributed by atoms with Crippen molar-refractivity contribution in [1.82, 2.24) is 10.1 Å². The van der Waals surface area contributed by atoms with Crippen molar-refractivity contribution in [3.05, 3.63) is 29.8 Å². The number of hydrazone groups is 1. The van der Waals surface area contributed by atoms with E-state index in [0.717, 1.165) is 12.0 Å². The van der Waals surface area contributed by atoms with Gasteiger partial charge in [-0.15, -0.1) is 0 Å². The number of sulfonamides is 1. The molecule has 6 nitrogen and oxygen atoms in total. The van der Waals surface area contributed by atoms with Crippen molar-refractivity contribution in [2.45, 2.75) is 44.6 Å². The Morgan fingerprint density at radius 3 is 2.59 bits per heavy atom. The molecule has 0 radical (unpaired) electrons. The van der Waals surface area contributed by atoms with Crippen LogP contribution in [0.25, 0.3) is 0 Å². The number of aryl methyl sites for hydroxylation is 1. The van der Waals surface area contributed by atoms with Crippen LogP contribution in [0.1, 0.15) is 32.3 Å². The van der Waals surface area contributed by atoms with Crippen LogP contribution in [-0.2, 0) is 14.8 Å². The molecule has 1 fully saturated rings. The van der Waals surface area contributed by atoms with Crippen LogP contribution in [0.3, 0.4) is 0 Å². The highest BCUT2D eigenvalue weighted by atomic mass is 32.2. The van der Waals surface area contributed by atoms with Gasteiger partial charge in [0.2, 0.25) is 5.91 Å². The maximum Gasteiger partial charge on any atom is 0.276 e. The van der Waals surface area contributed by atoms with Gasteiger partial charge in [0, 0.05) is 0 Å². The maximum atomic E-state index is 12.2. The summed E-state index contributed by atoms with van der Waals surface area (Å²) in [6.45, 7) is 5.90. The number of benzene rings is 1. The molecule has 1 aromatic rings. The molecule has 2 atom stereocenters. The van der Waals surface area contributed by atoms with E-state index < -0.39 is 10.0 Å². The van der Waals surface area contributed by atoms with E-state index in [2.05, 4.69) is 15.2 Å². The lowest BCUT2D eigenvalue weighted by molar-refractivity contribution is -0.119. The Kier molecular flexibility index (Phi) is 4.85. The van der Waals surface area contributed by atoms with E-state index in [9.17, 15) is 13.2 Å². The molecule has 0 aromatic heterocycles. The molecular formula is C15H21N3O3S. The van der Waals surface area contributed by atoms with Crippen molar-refractivity contribution in [3.63, 3.8) is 0 Å². The van der Waals surface area contributed by atoms with Gasteiger partial charge in [0.1, 0.15) is 0 Å². The first kappa shape index (κ1) is 16.5. The minimum absolute atomic E-state index is 0.126. The minimum Gasteiger partial charge on any atom is -0.347 e. The summed E-state index contributed by atoms with van der Waals surface area (Å²) in [4.78, 5) is 13.9. The monoisotopic (exact) mass is 323 g/mol. The van der Waals surface area contributed by atoms with E-state index in [-0.39, 0.29) is 29.2 Å². The summed E-state index contributed by atoms with van der Waals surface area (Å²) in [5.41, 5.74) is 1.52. The Labute approximate surface area is 131 Å². The molecule has 1 aliphatic heterocycles. The lowest BCUT2D eigenvalue weighted by Gasteiger charge is -2.18. The maximum absolute atomic E-state index is 12.2. The van der Waals surface area contributed by atoms with Gasteiger partial charge >= 0.3 is 0 Å². The van der Waals surface area contributed by atoms with Crippen molar-refractivity contribution in [1.29, 1.82) is 0 Å². The number of carbonyl (C=O) groups is 1. The third kappa shape index (κ3) is 3.65. The molecule has 1 amide bonds. The molecular weight excluding hydrogens is 302 g/mol. The molecule has 2 rings (SSSR count). The predicted molar refractivity (Wildman–Crippen MR) is 84.9 cm³/mol. The average molecular weight is 323 g/mol. The van der Waals surface area contributed by atoms with Gasteiger partial charge in [-0.2, -0.15) is 13.5 Å². The molecule has 22 heavy (non-hydrogen) atoms. The Balaban J connectivity index is 2.18. The van der Waals surface area contributed by atoms with E-state index in [4.69, 9.17) is 0 Å². The highest BCUT2D eigenvalue weighted by Crippen LogP contribution is 2.17. The smallest absolute Gasteiger partial charge is 0.276 e. The fraction of sp³-hybridized carbons (Fsp3) is 0.467. The first-order chi connectivity index (χ1) is 10.3. The van der Waals surface area contributed by atoms with Crippen LogP contribution in [-0.4, -0.2) is 26.1 Å². The third-order valence-electron chi connectivity index (χ3n) is 3.87. The highest BCUT2D eigenvalue weighted by Gasteiger charge is 2.32. The summed E-state index contributed by atoms with van der Waals surface area (Å²) >= 11 is 0. The van der Waals surface area contributed by atoms with Gasteiger partial charge in [-0.25, -0.2) is 4.83 Å². The van der Waals surface area contributed by atoms with Crippen molar-refractivity contribution in [3.8, 4) is 0 Å². The number of amides is 1. The summed E-state index contributed by atoms with van der Waals surface area (Å²) in [6, 6.07) is 6.30. The molecule has 0 bridgehead atoms. The van der Waals surface area contributed by atoms with E-state index in [0.29, 0.717) is 5.71 Å². The number of nitrogens with one attached hydrogen (secondary N) is 2. The molecule has 0 saturated carbocycles. The zero-order valence-corrected chi connectivity index (χ0v) is 13.8. The van der Waals surface area contributed by atoms with E-state index in [1.54, 1.807) is 12.1 Å². The van der Waals surface area contributed by atoms with Crippen molar-refractivity contribution in [2.24, 2.45) is 11.0 Å². The topological polar surface area (TPSA) is 87.6 Å². The second kappa shape index (κ2) is 6.48. The van der Waals surface area contributed by atoms with Gasteiger partial charge in [0.15, 0.2) is 0 Å². The van der Waals surface area contributed by atoms with Gasteiger partial charge in [-0.3, -0.25) is 4.79 Å². The zero-order chi connectivity index (χ0) is 16.3. The van der Waals surface area contributed by atoms with Gasteiger partial charge in [-0.1, -0.05) is 38.0 Å². The van der Waals surface area contributed by atoms with Crippen LogP contribution in [0.5, 0.6) is 0 Å². The second-order valence-electron chi connectivity index (χ2n) is 5.62. The summed E-state index contributed by atoms with van der Waals surface area (Å²) in [6.07, 6.45) is 1.00. The Hall–Kier alpha value is -1.89. The SMILES string of the molecule is CC[C@H](C)[C@@H]1NC(=O)C/C1=N\NS(=O)(=O)c1ccc(C)cc1. The number of rotatable bonds is 5. The van der Waals surface area contributed by atoms with E-state index in [1.807, 2.05) is 20.8 Å². The van der Waals surface area contributed by atoms with Crippen molar-refractivity contribution < 1.29 is 13.2 Å². The lowest BCUT2D eigenvalue weighted by atomic mass is 9.96. The van der Waals surface area contributed by atoms with Gasteiger partial charge in [0.25, 0.3) is 10.0 Å². The molecule has 1 aromatic carbocycles. The van der Waals surface area contributed by atoms with E-state index >= 15 is 0 Å². The van der Waals surface area contributed by atoms with Gasteiger partial charge in [-0.05, 0) is 25.0 Å². The van der Waals surface area contributed by atoms with Crippen LogP contribution in [0.15, 0.2) is 34.3 Å². The quantitative estimate of drug-likeness (QED) is 0.806. The van der Waals surface area contributed by atoms with Crippen LogP contribution in [0.2, 0.25) is 0 Å².